The molecular formula is C22H26N2O4. The van der Waals surface area contributed by atoms with Crippen LogP contribution < -0.4 is 15.4 Å². The van der Waals surface area contributed by atoms with Gasteiger partial charge in [-0.05, 0) is 49.4 Å². The molecule has 1 fully saturated rings. The molecule has 2 amide bonds. The van der Waals surface area contributed by atoms with Crippen LogP contribution in [0.5, 0.6) is 5.75 Å². The molecule has 0 saturated carbocycles. The number of amides is 2. The highest BCUT2D eigenvalue weighted by molar-refractivity contribution is 5.80. The van der Waals surface area contributed by atoms with Crippen LogP contribution in [0.2, 0.25) is 0 Å². The Labute approximate surface area is 164 Å². The Morgan fingerprint density at radius 2 is 2.11 bits per heavy atom. The van der Waals surface area contributed by atoms with E-state index in [0.29, 0.717) is 32.2 Å². The smallest absolute Gasteiger partial charge is 0.220 e. The van der Waals surface area contributed by atoms with Gasteiger partial charge in [0.25, 0.3) is 0 Å². The second-order valence-corrected chi connectivity index (χ2v) is 7.77. The fraction of sp³-hybridized carbons (Fsp3) is 0.455. The molecule has 0 radical (unpaired) electrons. The van der Waals surface area contributed by atoms with Crippen LogP contribution in [-0.2, 0) is 22.4 Å². The van der Waals surface area contributed by atoms with Gasteiger partial charge in [0, 0.05) is 24.8 Å². The summed E-state index contributed by atoms with van der Waals surface area (Å²) in [6.07, 6.45) is 6.30. The topological polar surface area (TPSA) is 80.6 Å². The van der Waals surface area contributed by atoms with Gasteiger partial charge in [0.2, 0.25) is 11.8 Å². The monoisotopic (exact) mass is 382 g/mol. The maximum atomic E-state index is 12.4. The van der Waals surface area contributed by atoms with E-state index in [9.17, 15) is 9.59 Å². The van der Waals surface area contributed by atoms with Crippen molar-refractivity contribution >= 4 is 11.8 Å². The fourth-order valence-corrected chi connectivity index (χ4v) is 4.12. The standard InChI is InChI=1S/C22H26N2O4/c25-20(23-15-18-8-7-16-4-1-2-6-19(16)28-18)9-11-22(12-10-21(26)24-22)14-17-5-3-13-27-17/h1-6,13,18H,7-12,14-15H2,(H,23,25)(H,24,26)/t18-,22-/m1/s1. The highest BCUT2D eigenvalue weighted by atomic mass is 16.5. The Morgan fingerprint density at radius 1 is 1.21 bits per heavy atom. The maximum Gasteiger partial charge on any atom is 0.220 e. The van der Waals surface area contributed by atoms with Gasteiger partial charge in [-0.3, -0.25) is 9.59 Å². The number of carbonyl (C=O) groups is 2. The normalized spacial score (nSPS) is 23.6. The molecule has 2 aromatic rings. The largest absolute Gasteiger partial charge is 0.488 e. The summed E-state index contributed by atoms with van der Waals surface area (Å²) in [6, 6.07) is 11.8. The lowest BCUT2D eigenvalue weighted by molar-refractivity contribution is -0.123. The third-order valence-electron chi connectivity index (χ3n) is 5.69. The molecule has 0 spiro atoms. The molecule has 1 aromatic carbocycles. The van der Waals surface area contributed by atoms with E-state index >= 15 is 0 Å². The lowest BCUT2D eigenvalue weighted by Crippen LogP contribution is -2.45. The molecule has 2 aliphatic heterocycles. The zero-order valence-corrected chi connectivity index (χ0v) is 15.9. The van der Waals surface area contributed by atoms with Crippen LogP contribution in [0.25, 0.3) is 0 Å². The first-order valence-corrected chi connectivity index (χ1v) is 9.97. The molecule has 2 atom stereocenters. The first kappa shape index (κ1) is 18.6. The molecule has 0 bridgehead atoms. The summed E-state index contributed by atoms with van der Waals surface area (Å²) in [5.74, 6) is 1.78. The summed E-state index contributed by atoms with van der Waals surface area (Å²) in [4.78, 5) is 24.2. The fourth-order valence-electron chi connectivity index (χ4n) is 4.12. The summed E-state index contributed by atoms with van der Waals surface area (Å²) in [6.45, 7) is 0.505. The van der Waals surface area contributed by atoms with Gasteiger partial charge in [0.05, 0.1) is 12.8 Å². The van der Waals surface area contributed by atoms with E-state index in [0.717, 1.165) is 30.8 Å². The Morgan fingerprint density at radius 3 is 2.89 bits per heavy atom. The van der Waals surface area contributed by atoms with Crippen LogP contribution in [0.4, 0.5) is 0 Å². The number of ether oxygens (including phenoxy) is 1. The van der Waals surface area contributed by atoms with Crippen molar-refractivity contribution in [1.29, 1.82) is 0 Å². The SMILES string of the molecule is O=C(CC[C@]1(Cc2ccco2)CCC(=O)N1)NC[C@H]1CCc2ccccc2O1. The van der Waals surface area contributed by atoms with Gasteiger partial charge >= 0.3 is 0 Å². The van der Waals surface area contributed by atoms with Crippen molar-refractivity contribution in [3.63, 3.8) is 0 Å². The highest BCUT2D eigenvalue weighted by Crippen LogP contribution is 2.30. The quantitative estimate of drug-likeness (QED) is 0.772. The third kappa shape index (κ3) is 4.38. The van der Waals surface area contributed by atoms with Crippen LogP contribution in [0.1, 0.15) is 43.4 Å². The second kappa shape index (κ2) is 8.09. The number of para-hydroxylation sites is 1. The number of rotatable bonds is 7. The molecule has 6 nitrogen and oxygen atoms in total. The number of benzene rings is 1. The average Bonchev–Trinajstić information content (AvgIpc) is 3.35. The number of nitrogens with one attached hydrogen (secondary N) is 2. The van der Waals surface area contributed by atoms with Gasteiger partial charge < -0.3 is 19.8 Å². The minimum Gasteiger partial charge on any atom is -0.488 e. The van der Waals surface area contributed by atoms with E-state index in [2.05, 4.69) is 16.7 Å². The van der Waals surface area contributed by atoms with Crippen LogP contribution in [0, 0.1) is 0 Å². The van der Waals surface area contributed by atoms with Crippen LogP contribution in [-0.4, -0.2) is 30.0 Å². The molecule has 6 heteroatoms. The Bertz CT molecular complexity index is 833. The lowest BCUT2D eigenvalue weighted by Gasteiger charge is -2.29. The van der Waals surface area contributed by atoms with Crippen molar-refractivity contribution in [3.8, 4) is 5.75 Å². The maximum absolute atomic E-state index is 12.4. The van der Waals surface area contributed by atoms with Gasteiger partial charge in [0.15, 0.2) is 0 Å². The molecule has 4 rings (SSSR count). The first-order valence-electron chi connectivity index (χ1n) is 9.97. The van der Waals surface area contributed by atoms with E-state index in [-0.39, 0.29) is 17.9 Å². The molecule has 0 unspecified atom stereocenters. The molecule has 1 saturated heterocycles. The third-order valence-corrected chi connectivity index (χ3v) is 5.69. The zero-order valence-electron chi connectivity index (χ0n) is 15.9. The van der Waals surface area contributed by atoms with E-state index in [1.165, 1.54) is 5.56 Å². The van der Waals surface area contributed by atoms with Crippen molar-refractivity contribution in [2.75, 3.05) is 6.54 Å². The van der Waals surface area contributed by atoms with Gasteiger partial charge in [-0.15, -0.1) is 0 Å². The summed E-state index contributed by atoms with van der Waals surface area (Å²) in [5.41, 5.74) is 0.828. The number of hydrogen-bond donors (Lipinski definition) is 2. The van der Waals surface area contributed by atoms with Gasteiger partial charge in [-0.1, -0.05) is 18.2 Å². The molecule has 28 heavy (non-hydrogen) atoms. The number of aryl methyl sites for hydroxylation is 1. The predicted molar refractivity (Wildman–Crippen MR) is 104 cm³/mol. The van der Waals surface area contributed by atoms with E-state index in [4.69, 9.17) is 9.15 Å². The zero-order chi connectivity index (χ0) is 19.4. The Kier molecular flexibility index (Phi) is 5.37. The number of fused-ring (bicyclic) bond motifs is 1. The number of carbonyl (C=O) groups excluding carboxylic acids is 2. The average molecular weight is 382 g/mol. The van der Waals surface area contributed by atoms with Gasteiger partial charge in [-0.2, -0.15) is 0 Å². The number of furan rings is 1. The van der Waals surface area contributed by atoms with Crippen molar-refractivity contribution in [1.82, 2.24) is 10.6 Å². The van der Waals surface area contributed by atoms with E-state index in [1.807, 2.05) is 30.3 Å². The molecule has 2 N–H and O–H groups in total. The Balaban J connectivity index is 1.27. The van der Waals surface area contributed by atoms with Gasteiger partial charge in [-0.25, -0.2) is 0 Å². The van der Waals surface area contributed by atoms with Crippen LogP contribution in [0.15, 0.2) is 47.1 Å². The van der Waals surface area contributed by atoms with Crippen molar-refractivity contribution < 1.29 is 18.7 Å². The minimum atomic E-state index is -0.396. The molecular weight excluding hydrogens is 356 g/mol. The van der Waals surface area contributed by atoms with Crippen molar-refractivity contribution in [2.45, 2.75) is 56.6 Å². The molecule has 148 valence electrons. The van der Waals surface area contributed by atoms with Gasteiger partial charge in [0.1, 0.15) is 17.6 Å². The van der Waals surface area contributed by atoms with E-state index in [1.54, 1.807) is 6.26 Å². The van der Waals surface area contributed by atoms with Crippen molar-refractivity contribution in [2.24, 2.45) is 0 Å². The summed E-state index contributed by atoms with van der Waals surface area (Å²) in [5, 5.41) is 6.07. The Hall–Kier alpha value is -2.76. The second-order valence-electron chi connectivity index (χ2n) is 7.77. The van der Waals surface area contributed by atoms with Crippen molar-refractivity contribution in [3.05, 3.63) is 54.0 Å². The van der Waals surface area contributed by atoms with E-state index < -0.39 is 5.54 Å². The predicted octanol–water partition coefficient (Wildman–Crippen LogP) is 2.76. The molecule has 0 aliphatic carbocycles. The minimum absolute atomic E-state index is 0.00196. The highest BCUT2D eigenvalue weighted by Gasteiger charge is 2.38. The lowest BCUT2D eigenvalue weighted by atomic mass is 9.87. The first-order chi connectivity index (χ1) is 13.6. The molecule has 2 aliphatic rings. The molecule has 3 heterocycles. The summed E-state index contributed by atoms with van der Waals surface area (Å²) >= 11 is 0. The van der Waals surface area contributed by atoms with Crippen LogP contribution in [0.3, 0.4) is 0 Å². The number of hydrogen-bond acceptors (Lipinski definition) is 4. The van der Waals surface area contributed by atoms with Crippen LogP contribution >= 0.6 is 0 Å². The summed E-state index contributed by atoms with van der Waals surface area (Å²) in [7, 11) is 0. The molecule has 1 aromatic heterocycles. The summed E-state index contributed by atoms with van der Waals surface area (Å²) < 4.78 is 11.4.